The standard InChI is InChI=1S/C13H20N4O3/c1-20-9-13(16-12(18)19)4-7-17(8-5-13)10-3-2-6-15-11(10)14/h2-3,6,16H,4-5,7-9H2,1H3,(H2,14,15)(H,18,19). The van der Waals surface area contributed by atoms with Gasteiger partial charge in [0, 0.05) is 26.4 Å². The van der Waals surface area contributed by atoms with Crippen molar-refractivity contribution in [1.82, 2.24) is 10.3 Å². The van der Waals surface area contributed by atoms with Gasteiger partial charge in [-0.1, -0.05) is 0 Å². The second-order valence-electron chi connectivity index (χ2n) is 5.04. The third-order valence-electron chi connectivity index (χ3n) is 3.67. The molecular formula is C13H20N4O3. The quantitative estimate of drug-likeness (QED) is 0.758. The van der Waals surface area contributed by atoms with Gasteiger partial charge in [-0.15, -0.1) is 0 Å². The van der Waals surface area contributed by atoms with Gasteiger partial charge in [-0.2, -0.15) is 0 Å². The van der Waals surface area contributed by atoms with Crippen molar-refractivity contribution in [3.8, 4) is 0 Å². The molecule has 0 aliphatic carbocycles. The second kappa shape index (κ2) is 5.96. The number of carbonyl (C=O) groups is 1. The number of anilines is 2. The maximum atomic E-state index is 10.9. The molecule has 1 aliphatic rings. The first kappa shape index (κ1) is 14.4. The molecule has 0 atom stereocenters. The molecule has 0 saturated carbocycles. The molecule has 1 aliphatic heterocycles. The summed E-state index contributed by atoms with van der Waals surface area (Å²) in [6, 6.07) is 3.77. The van der Waals surface area contributed by atoms with E-state index in [9.17, 15) is 4.79 Å². The van der Waals surface area contributed by atoms with Gasteiger partial charge < -0.3 is 25.8 Å². The highest BCUT2D eigenvalue weighted by Crippen LogP contribution is 2.29. The number of hydrogen-bond donors (Lipinski definition) is 3. The Kier molecular flexibility index (Phi) is 4.29. The van der Waals surface area contributed by atoms with E-state index in [1.165, 1.54) is 0 Å². The zero-order chi connectivity index (χ0) is 14.6. The molecule has 0 bridgehead atoms. The topological polar surface area (TPSA) is 101 Å². The molecule has 0 aromatic carbocycles. The number of amides is 1. The lowest BCUT2D eigenvalue weighted by atomic mass is 9.88. The molecule has 7 nitrogen and oxygen atoms in total. The minimum atomic E-state index is -1.02. The predicted molar refractivity (Wildman–Crippen MR) is 75.9 cm³/mol. The summed E-state index contributed by atoms with van der Waals surface area (Å²) in [5.74, 6) is 0.498. The third-order valence-corrected chi connectivity index (χ3v) is 3.67. The van der Waals surface area contributed by atoms with Crippen molar-refractivity contribution in [3.05, 3.63) is 18.3 Å². The Labute approximate surface area is 117 Å². The average Bonchev–Trinajstić information content (AvgIpc) is 2.40. The highest BCUT2D eigenvalue weighted by Gasteiger charge is 2.36. The van der Waals surface area contributed by atoms with Crippen LogP contribution < -0.4 is 16.0 Å². The van der Waals surface area contributed by atoms with Crippen LogP contribution in [0.15, 0.2) is 18.3 Å². The molecule has 110 valence electrons. The Morgan fingerprint density at radius 2 is 2.30 bits per heavy atom. The number of methoxy groups -OCH3 is 1. The number of nitrogens with zero attached hydrogens (tertiary/aromatic N) is 2. The van der Waals surface area contributed by atoms with E-state index in [0.717, 1.165) is 5.69 Å². The molecular weight excluding hydrogens is 260 g/mol. The fourth-order valence-corrected chi connectivity index (χ4v) is 2.66. The fraction of sp³-hybridized carbons (Fsp3) is 0.538. The smallest absolute Gasteiger partial charge is 0.405 e. The number of piperidine rings is 1. The molecule has 1 aromatic heterocycles. The van der Waals surface area contributed by atoms with Gasteiger partial charge in [0.05, 0.1) is 17.8 Å². The van der Waals surface area contributed by atoms with Crippen LogP contribution in [0.3, 0.4) is 0 Å². The van der Waals surface area contributed by atoms with Gasteiger partial charge >= 0.3 is 6.09 Å². The maximum Gasteiger partial charge on any atom is 0.405 e. The van der Waals surface area contributed by atoms with Crippen LogP contribution in [-0.4, -0.2) is 48.5 Å². The van der Waals surface area contributed by atoms with Gasteiger partial charge in [0.2, 0.25) is 0 Å². The molecule has 2 rings (SSSR count). The molecule has 1 aromatic rings. The van der Waals surface area contributed by atoms with Crippen LogP contribution >= 0.6 is 0 Å². The lowest BCUT2D eigenvalue weighted by Gasteiger charge is -2.42. The summed E-state index contributed by atoms with van der Waals surface area (Å²) in [6.45, 7) is 1.79. The number of carboxylic acid groups (broad SMARTS) is 1. The number of ether oxygens (including phenoxy) is 1. The predicted octanol–water partition coefficient (Wildman–Crippen LogP) is 0.917. The number of nitrogens with two attached hydrogens (primary N) is 1. The Morgan fingerprint density at radius 1 is 1.60 bits per heavy atom. The average molecular weight is 280 g/mol. The van der Waals surface area contributed by atoms with E-state index < -0.39 is 11.6 Å². The summed E-state index contributed by atoms with van der Waals surface area (Å²) in [5, 5.41) is 11.6. The summed E-state index contributed by atoms with van der Waals surface area (Å²) in [6.07, 6.45) is 1.98. The largest absolute Gasteiger partial charge is 0.465 e. The summed E-state index contributed by atoms with van der Waals surface area (Å²) in [7, 11) is 1.58. The Morgan fingerprint density at radius 3 is 2.85 bits per heavy atom. The van der Waals surface area contributed by atoms with E-state index in [1.54, 1.807) is 13.3 Å². The number of nitrogen functional groups attached to an aromatic ring is 1. The first-order chi connectivity index (χ1) is 9.56. The van der Waals surface area contributed by atoms with E-state index in [-0.39, 0.29) is 0 Å². The van der Waals surface area contributed by atoms with Crippen LogP contribution in [0.5, 0.6) is 0 Å². The highest BCUT2D eigenvalue weighted by molar-refractivity contribution is 5.66. The Balaban J connectivity index is 2.06. The van der Waals surface area contributed by atoms with Gasteiger partial charge in [0.15, 0.2) is 0 Å². The van der Waals surface area contributed by atoms with E-state index in [4.69, 9.17) is 15.6 Å². The summed E-state index contributed by atoms with van der Waals surface area (Å²) in [4.78, 5) is 17.1. The molecule has 1 fully saturated rings. The number of hydrogen-bond acceptors (Lipinski definition) is 5. The van der Waals surface area contributed by atoms with Crippen LogP contribution in [-0.2, 0) is 4.74 Å². The van der Waals surface area contributed by atoms with Crippen LogP contribution in [0.4, 0.5) is 16.3 Å². The minimum absolute atomic E-state index is 0.371. The van der Waals surface area contributed by atoms with Crippen LogP contribution in [0.1, 0.15) is 12.8 Å². The number of rotatable bonds is 4. The van der Waals surface area contributed by atoms with Crippen molar-refractivity contribution in [3.63, 3.8) is 0 Å². The minimum Gasteiger partial charge on any atom is -0.465 e. The zero-order valence-electron chi connectivity index (χ0n) is 11.5. The molecule has 0 radical (unpaired) electrons. The summed E-state index contributed by atoms with van der Waals surface area (Å²) >= 11 is 0. The van der Waals surface area contributed by atoms with Gasteiger partial charge in [0.1, 0.15) is 5.82 Å². The lowest BCUT2D eigenvalue weighted by molar-refractivity contribution is 0.0872. The maximum absolute atomic E-state index is 10.9. The summed E-state index contributed by atoms with van der Waals surface area (Å²) in [5.41, 5.74) is 6.25. The first-order valence-corrected chi connectivity index (χ1v) is 6.52. The van der Waals surface area contributed by atoms with Crippen molar-refractivity contribution < 1.29 is 14.6 Å². The molecule has 0 spiro atoms. The highest BCUT2D eigenvalue weighted by atomic mass is 16.5. The monoisotopic (exact) mass is 280 g/mol. The number of nitrogens with one attached hydrogen (secondary N) is 1. The van der Waals surface area contributed by atoms with Crippen molar-refractivity contribution in [1.29, 1.82) is 0 Å². The van der Waals surface area contributed by atoms with E-state index in [2.05, 4.69) is 15.2 Å². The molecule has 20 heavy (non-hydrogen) atoms. The molecule has 7 heteroatoms. The van der Waals surface area contributed by atoms with Crippen molar-refractivity contribution in [2.45, 2.75) is 18.4 Å². The van der Waals surface area contributed by atoms with Crippen molar-refractivity contribution in [2.24, 2.45) is 0 Å². The molecule has 1 saturated heterocycles. The van der Waals surface area contributed by atoms with Crippen LogP contribution in [0.2, 0.25) is 0 Å². The zero-order valence-corrected chi connectivity index (χ0v) is 11.5. The first-order valence-electron chi connectivity index (χ1n) is 6.52. The van der Waals surface area contributed by atoms with Gasteiger partial charge in [-0.3, -0.25) is 0 Å². The molecule has 1 amide bonds. The summed E-state index contributed by atoms with van der Waals surface area (Å²) < 4.78 is 5.17. The molecule has 2 heterocycles. The number of pyridine rings is 1. The van der Waals surface area contributed by atoms with E-state index in [1.807, 2.05) is 12.1 Å². The molecule has 0 unspecified atom stereocenters. The SMILES string of the molecule is COCC1(NC(=O)O)CCN(c2cccnc2N)CC1. The lowest BCUT2D eigenvalue weighted by Crippen LogP contribution is -2.57. The fourth-order valence-electron chi connectivity index (χ4n) is 2.66. The van der Waals surface area contributed by atoms with Gasteiger partial charge in [-0.05, 0) is 25.0 Å². The normalized spacial score (nSPS) is 17.8. The van der Waals surface area contributed by atoms with Crippen molar-refractivity contribution >= 4 is 17.6 Å². The third kappa shape index (κ3) is 3.11. The van der Waals surface area contributed by atoms with Gasteiger partial charge in [-0.25, -0.2) is 9.78 Å². The second-order valence-corrected chi connectivity index (χ2v) is 5.04. The van der Waals surface area contributed by atoms with Gasteiger partial charge in [0.25, 0.3) is 0 Å². The Bertz CT molecular complexity index is 472. The number of aromatic nitrogens is 1. The van der Waals surface area contributed by atoms with E-state index >= 15 is 0 Å². The van der Waals surface area contributed by atoms with Crippen LogP contribution in [0, 0.1) is 0 Å². The van der Waals surface area contributed by atoms with E-state index in [0.29, 0.717) is 38.4 Å². The molecule has 4 N–H and O–H groups in total. The Hall–Kier alpha value is -2.02. The van der Waals surface area contributed by atoms with Crippen molar-refractivity contribution in [2.75, 3.05) is 37.4 Å². The van der Waals surface area contributed by atoms with Crippen LogP contribution in [0.25, 0.3) is 0 Å².